The molecule has 0 bridgehead atoms. The Bertz CT molecular complexity index is 472. The summed E-state index contributed by atoms with van der Waals surface area (Å²) >= 11 is 0. The van der Waals surface area contributed by atoms with Crippen LogP contribution in [0.25, 0.3) is 5.57 Å². The Morgan fingerprint density at radius 1 is 1.33 bits per heavy atom. The molecule has 1 aromatic carbocycles. The zero-order valence-corrected chi connectivity index (χ0v) is 11.3. The molecule has 0 radical (unpaired) electrons. The van der Waals surface area contributed by atoms with Crippen LogP contribution >= 0.6 is 0 Å². The van der Waals surface area contributed by atoms with E-state index in [0.29, 0.717) is 5.92 Å². The monoisotopic (exact) mass is 244 g/mol. The molecule has 0 spiro atoms. The van der Waals surface area contributed by atoms with E-state index in [2.05, 4.69) is 44.2 Å². The van der Waals surface area contributed by atoms with E-state index in [9.17, 15) is 4.79 Å². The first-order valence-electron chi connectivity index (χ1n) is 6.48. The number of allylic oxidation sites excluding steroid dienone is 2. The van der Waals surface area contributed by atoms with Crippen LogP contribution in [0, 0.1) is 11.8 Å². The van der Waals surface area contributed by atoms with Crippen molar-refractivity contribution in [1.82, 2.24) is 0 Å². The smallest absolute Gasteiger partial charge is 0.309 e. The highest BCUT2D eigenvalue weighted by atomic mass is 16.5. The fourth-order valence-corrected chi connectivity index (χ4v) is 2.53. The summed E-state index contributed by atoms with van der Waals surface area (Å²) in [5.74, 6) is 0.147. The number of esters is 1. The van der Waals surface area contributed by atoms with Gasteiger partial charge in [-0.05, 0) is 35.5 Å². The van der Waals surface area contributed by atoms with Crippen molar-refractivity contribution in [2.45, 2.75) is 26.7 Å². The number of carbonyl (C=O) groups excluding carboxylic acids is 1. The van der Waals surface area contributed by atoms with E-state index in [-0.39, 0.29) is 11.9 Å². The molecule has 18 heavy (non-hydrogen) atoms. The van der Waals surface area contributed by atoms with Crippen molar-refractivity contribution in [2.75, 3.05) is 7.11 Å². The van der Waals surface area contributed by atoms with Gasteiger partial charge in [-0.1, -0.05) is 44.2 Å². The van der Waals surface area contributed by atoms with Gasteiger partial charge in [0.15, 0.2) is 0 Å². The van der Waals surface area contributed by atoms with Gasteiger partial charge in [-0.2, -0.15) is 0 Å². The van der Waals surface area contributed by atoms with Crippen molar-refractivity contribution in [3.05, 3.63) is 41.5 Å². The highest BCUT2D eigenvalue weighted by molar-refractivity contribution is 5.79. The highest BCUT2D eigenvalue weighted by Crippen LogP contribution is 2.34. The van der Waals surface area contributed by atoms with E-state index in [4.69, 9.17) is 4.74 Å². The van der Waals surface area contributed by atoms with Gasteiger partial charge in [0.2, 0.25) is 0 Å². The Kier molecular flexibility index (Phi) is 3.85. The third kappa shape index (κ3) is 2.47. The molecular weight excluding hydrogens is 224 g/mol. The van der Waals surface area contributed by atoms with E-state index in [1.807, 2.05) is 0 Å². The maximum Gasteiger partial charge on any atom is 0.309 e. The van der Waals surface area contributed by atoms with Gasteiger partial charge in [0, 0.05) is 0 Å². The minimum absolute atomic E-state index is 0.0487. The molecule has 0 aliphatic heterocycles. The number of rotatable bonds is 4. The summed E-state index contributed by atoms with van der Waals surface area (Å²) < 4.78 is 4.91. The van der Waals surface area contributed by atoms with Gasteiger partial charge in [-0.15, -0.1) is 0 Å². The maximum atomic E-state index is 11.8. The van der Waals surface area contributed by atoms with Crippen molar-refractivity contribution in [3.8, 4) is 0 Å². The minimum atomic E-state index is -0.102. The summed E-state index contributed by atoms with van der Waals surface area (Å²) in [7, 11) is 1.47. The van der Waals surface area contributed by atoms with Crippen molar-refractivity contribution >= 4 is 11.5 Å². The summed E-state index contributed by atoms with van der Waals surface area (Å²) in [4.78, 5) is 11.8. The lowest BCUT2D eigenvalue weighted by molar-refractivity contribution is -0.146. The number of carbonyl (C=O) groups is 1. The van der Waals surface area contributed by atoms with Crippen molar-refractivity contribution in [3.63, 3.8) is 0 Å². The molecule has 0 fully saturated rings. The van der Waals surface area contributed by atoms with Gasteiger partial charge < -0.3 is 4.74 Å². The molecule has 0 saturated carbocycles. The summed E-state index contributed by atoms with van der Waals surface area (Å²) in [5, 5.41) is 0. The molecule has 96 valence electrons. The molecule has 2 rings (SSSR count). The Morgan fingerprint density at radius 3 is 2.72 bits per heavy atom. The van der Waals surface area contributed by atoms with E-state index in [1.54, 1.807) is 0 Å². The second-order valence-corrected chi connectivity index (χ2v) is 5.17. The minimum Gasteiger partial charge on any atom is -0.469 e. The van der Waals surface area contributed by atoms with E-state index >= 15 is 0 Å². The second kappa shape index (κ2) is 5.38. The Hall–Kier alpha value is -1.57. The van der Waals surface area contributed by atoms with Crippen LogP contribution in [0.5, 0.6) is 0 Å². The molecule has 0 saturated heterocycles. The molecule has 2 nitrogen and oxygen atoms in total. The lowest BCUT2D eigenvalue weighted by Gasteiger charge is -2.19. The number of benzene rings is 1. The number of fused-ring (bicyclic) bond motifs is 1. The fraction of sp³-hybridized carbons (Fsp3) is 0.438. The molecule has 0 amide bonds. The predicted molar refractivity (Wildman–Crippen MR) is 73.1 cm³/mol. The fourth-order valence-electron chi connectivity index (χ4n) is 2.53. The standard InChI is InChI=1S/C16H20O2/c1-11(2)15(16(17)18-3)10-13-9-8-12-6-4-5-7-14(12)13/h4-7,9,11,15H,8,10H2,1-3H3/t15-/m1/s1. The summed E-state index contributed by atoms with van der Waals surface area (Å²) in [6.07, 6.45) is 4.00. The van der Waals surface area contributed by atoms with Crippen LogP contribution in [0.15, 0.2) is 30.3 Å². The van der Waals surface area contributed by atoms with Gasteiger partial charge in [0.25, 0.3) is 0 Å². The van der Waals surface area contributed by atoms with E-state index in [0.717, 1.165) is 12.8 Å². The average Bonchev–Trinajstić information content (AvgIpc) is 2.78. The lowest BCUT2D eigenvalue weighted by Crippen LogP contribution is -2.21. The molecule has 0 N–H and O–H groups in total. The molecule has 0 unspecified atom stereocenters. The largest absolute Gasteiger partial charge is 0.469 e. The Morgan fingerprint density at radius 2 is 2.06 bits per heavy atom. The van der Waals surface area contributed by atoms with Crippen molar-refractivity contribution in [1.29, 1.82) is 0 Å². The van der Waals surface area contributed by atoms with Crippen LogP contribution < -0.4 is 0 Å². The van der Waals surface area contributed by atoms with Gasteiger partial charge in [-0.25, -0.2) is 0 Å². The number of ether oxygens (including phenoxy) is 1. The number of hydrogen-bond donors (Lipinski definition) is 0. The quantitative estimate of drug-likeness (QED) is 0.758. The summed E-state index contributed by atoms with van der Waals surface area (Å²) in [6, 6.07) is 8.42. The molecular formula is C16H20O2. The molecule has 1 aromatic rings. The molecule has 1 aliphatic rings. The molecule has 1 atom stereocenters. The van der Waals surface area contributed by atoms with Crippen molar-refractivity contribution < 1.29 is 9.53 Å². The van der Waals surface area contributed by atoms with E-state index in [1.165, 1.54) is 23.8 Å². The highest BCUT2D eigenvalue weighted by Gasteiger charge is 2.26. The predicted octanol–water partition coefficient (Wildman–Crippen LogP) is 3.46. The molecule has 0 heterocycles. The lowest BCUT2D eigenvalue weighted by atomic mass is 9.87. The number of methoxy groups -OCH3 is 1. The zero-order chi connectivity index (χ0) is 13.1. The normalized spacial score (nSPS) is 15.2. The summed E-state index contributed by atoms with van der Waals surface area (Å²) in [5.41, 5.74) is 3.95. The Labute approximate surface area is 109 Å². The topological polar surface area (TPSA) is 26.3 Å². The molecule has 1 aliphatic carbocycles. The maximum absolute atomic E-state index is 11.8. The molecule has 2 heteroatoms. The van der Waals surface area contributed by atoms with Gasteiger partial charge in [-0.3, -0.25) is 4.79 Å². The van der Waals surface area contributed by atoms with Gasteiger partial charge >= 0.3 is 5.97 Å². The first kappa shape index (κ1) is 12.9. The van der Waals surface area contributed by atoms with Crippen LogP contribution in [-0.4, -0.2) is 13.1 Å². The third-order valence-electron chi connectivity index (χ3n) is 3.68. The Balaban J connectivity index is 2.17. The second-order valence-electron chi connectivity index (χ2n) is 5.17. The van der Waals surface area contributed by atoms with Gasteiger partial charge in [0.1, 0.15) is 0 Å². The SMILES string of the molecule is COC(=O)[C@H](CC1=CCc2ccccc21)C(C)C. The zero-order valence-electron chi connectivity index (χ0n) is 11.3. The van der Waals surface area contributed by atoms with E-state index < -0.39 is 0 Å². The molecule has 0 aromatic heterocycles. The third-order valence-corrected chi connectivity index (χ3v) is 3.68. The van der Waals surface area contributed by atoms with Crippen LogP contribution in [0.1, 0.15) is 31.4 Å². The van der Waals surface area contributed by atoms with Gasteiger partial charge in [0.05, 0.1) is 13.0 Å². The average molecular weight is 244 g/mol. The first-order chi connectivity index (χ1) is 8.63. The van der Waals surface area contributed by atoms with Crippen LogP contribution in [0.3, 0.4) is 0 Å². The van der Waals surface area contributed by atoms with Crippen LogP contribution in [0.2, 0.25) is 0 Å². The van der Waals surface area contributed by atoms with Crippen LogP contribution in [0.4, 0.5) is 0 Å². The van der Waals surface area contributed by atoms with Crippen LogP contribution in [-0.2, 0) is 16.0 Å². The number of hydrogen-bond acceptors (Lipinski definition) is 2. The first-order valence-corrected chi connectivity index (χ1v) is 6.48. The van der Waals surface area contributed by atoms with Crippen molar-refractivity contribution in [2.24, 2.45) is 11.8 Å². The summed E-state index contributed by atoms with van der Waals surface area (Å²) in [6.45, 7) is 4.14.